The number of amides is 1. The van der Waals surface area contributed by atoms with Gasteiger partial charge in [0.05, 0.1) is 41.6 Å². The van der Waals surface area contributed by atoms with Gasteiger partial charge in [-0.3, -0.25) is 4.98 Å². The van der Waals surface area contributed by atoms with Crippen LogP contribution >= 0.6 is 0 Å². The normalized spacial score (nSPS) is 22.0. The number of nitrogens with one attached hydrogen (secondary N) is 1. The first-order valence-electron chi connectivity index (χ1n) is 13.8. The minimum atomic E-state index is -0.542. The maximum atomic E-state index is 14.9. The van der Waals surface area contributed by atoms with Gasteiger partial charge >= 0.3 is 12.2 Å². The Balaban J connectivity index is 0.00000134. The van der Waals surface area contributed by atoms with Crippen molar-refractivity contribution in [2.24, 2.45) is 0 Å². The number of alkyl carbamates (subject to hydrolysis) is 1. The van der Waals surface area contributed by atoms with Crippen LogP contribution in [0.15, 0.2) is 18.3 Å². The van der Waals surface area contributed by atoms with Crippen LogP contribution in [0.3, 0.4) is 0 Å². The summed E-state index contributed by atoms with van der Waals surface area (Å²) in [6.07, 6.45) is 10.1. The fourth-order valence-electron chi connectivity index (χ4n) is 5.22. The predicted octanol–water partition coefficient (Wildman–Crippen LogP) is 5.68. The van der Waals surface area contributed by atoms with Crippen LogP contribution in [0, 0.1) is 5.82 Å². The summed E-state index contributed by atoms with van der Waals surface area (Å²) in [5.74, 6) is 0.162. The lowest BCUT2D eigenvalue weighted by Crippen LogP contribution is -2.63. The molecule has 1 aliphatic carbocycles. The van der Waals surface area contributed by atoms with Gasteiger partial charge in [-0.25, -0.2) is 14.2 Å². The molecule has 0 aromatic carbocycles. The number of carbonyl (C=O) groups excluding carboxylic acids is 3. The molecule has 0 atom stereocenters. The largest absolute Gasteiger partial charge is 0.478 e. The van der Waals surface area contributed by atoms with E-state index in [4.69, 9.17) is 23.8 Å². The number of pyridine rings is 2. The van der Waals surface area contributed by atoms with Gasteiger partial charge in [0.1, 0.15) is 11.4 Å². The molecule has 5 rings (SSSR count). The van der Waals surface area contributed by atoms with Crippen LogP contribution in [-0.4, -0.2) is 52.2 Å². The molecule has 4 heterocycles. The Morgan fingerprint density at radius 2 is 1.87 bits per heavy atom. The number of aromatic nitrogens is 2. The number of fused-ring (bicyclic) bond motifs is 4. The maximum Gasteiger partial charge on any atom is 0.408 e. The molecule has 3 fully saturated rings. The molecule has 0 radical (unpaired) electrons. The average molecular weight is 546 g/mol. The van der Waals surface area contributed by atoms with E-state index in [-0.39, 0.29) is 23.1 Å². The standard InChI is InChI=1S/C28H40FN3O4.CO2/c1-5-6-7-8-17-34-23-10-9-22-24(31-23)20(21(29)18-30-22)11-12-28-15-13-27(14-16-28,19-35-28)32-25(33)36-26(2,3)4;2-1-3/h9-10,18H,5-8,11-17,19H2,1-4H3,(H,32,33);. The van der Waals surface area contributed by atoms with Crippen molar-refractivity contribution in [1.29, 1.82) is 0 Å². The third kappa shape index (κ3) is 8.44. The summed E-state index contributed by atoms with van der Waals surface area (Å²) < 4.78 is 32.5. The molecule has 0 unspecified atom stereocenters. The highest BCUT2D eigenvalue weighted by Gasteiger charge is 2.50. The van der Waals surface area contributed by atoms with Crippen LogP contribution in [0.2, 0.25) is 0 Å². The Morgan fingerprint density at radius 3 is 2.49 bits per heavy atom. The van der Waals surface area contributed by atoms with Crippen LogP contribution in [0.4, 0.5) is 9.18 Å². The van der Waals surface area contributed by atoms with E-state index in [9.17, 15) is 9.18 Å². The summed E-state index contributed by atoms with van der Waals surface area (Å²) in [4.78, 5) is 37.4. The Labute approximate surface area is 229 Å². The Morgan fingerprint density at radius 1 is 1.15 bits per heavy atom. The first-order chi connectivity index (χ1) is 18.5. The molecule has 1 saturated carbocycles. The van der Waals surface area contributed by atoms with Gasteiger partial charge in [-0.1, -0.05) is 26.2 Å². The molecule has 2 aromatic heterocycles. The molecular weight excluding hydrogens is 505 g/mol. The molecule has 0 spiro atoms. The lowest BCUT2D eigenvalue weighted by Gasteiger charge is -2.53. The summed E-state index contributed by atoms with van der Waals surface area (Å²) in [7, 11) is 0. The van der Waals surface area contributed by atoms with Crippen molar-refractivity contribution in [3.05, 3.63) is 29.7 Å². The fourth-order valence-corrected chi connectivity index (χ4v) is 5.22. The zero-order valence-corrected chi connectivity index (χ0v) is 23.4. The fraction of sp³-hybridized carbons (Fsp3) is 0.655. The molecule has 2 saturated heterocycles. The monoisotopic (exact) mass is 545 g/mol. The van der Waals surface area contributed by atoms with E-state index in [1.54, 1.807) is 6.07 Å². The van der Waals surface area contributed by atoms with Gasteiger partial charge in [0.25, 0.3) is 0 Å². The Kier molecular flexibility index (Phi) is 10.4. The molecular formula is C29H40FN3O6. The smallest absolute Gasteiger partial charge is 0.408 e. The van der Waals surface area contributed by atoms with Crippen molar-refractivity contribution in [3.8, 4) is 5.88 Å². The van der Waals surface area contributed by atoms with Gasteiger partial charge in [0, 0.05) is 11.6 Å². The lowest BCUT2D eigenvalue weighted by molar-refractivity contribution is -0.191. The summed E-state index contributed by atoms with van der Waals surface area (Å²) >= 11 is 0. The number of ether oxygens (including phenoxy) is 3. The topological polar surface area (TPSA) is 117 Å². The van der Waals surface area contributed by atoms with Gasteiger partial charge < -0.3 is 19.5 Å². The zero-order valence-electron chi connectivity index (χ0n) is 23.4. The van der Waals surface area contributed by atoms with Crippen molar-refractivity contribution in [2.45, 2.75) is 109 Å². The summed E-state index contributed by atoms with van der Waals surface area (Å²) in [6, 6.07) is 3.65. The van der Waals surface area contributed by atoms with Crippen molar-refractivity contribution in [1.82, 2.24) is 15.3 Å². The van der Waals surface area contributed by atoms with Crippen molar-refractivity contribution >= 4 is 23.3 Å². The second-order valence-electron chi connectivity index (χ2n) is 11.5. The van der Waals surface area contributed by atoms with E-state index in [1.807, 2.05) is 26.8 Å². The minimum Gasteiger partial charge on any atom is -0.478 e. The molecule has 1 amide bonds. The van der Waals surface area contributed by atoms with E-state index in [0.717, 1.165) is 38.5 Å². The molecule has 214 valence electrons. The third-order valence-corrected chi connectivity index (χ3v) is 7.36. The Hall–Kier alpha value is -3.10. The first-order valence-corrected chi connectivity index (χ1v) is 13.8. The lowest BCUT2D eigenvalue weighted by atomic mass is 9.69. The molecule has 10 heteroatoms. The quantitative estimate of drug-likeness (QED) is 0.379. The highest BCUT2D eigenvalue weighted by atomic mass is 19.1. The maximum absolute atomic E-state index is 14.9. The number of unbranched alkanes of at least 4 members (excludes halogenated alkanes) is 3. The third-order valence-electron chi connectivity index (χ3n) is 7.36. The van der Waals surface area contributed by atoms with Crippen molar-refractivity contribution < 1.29 is 33.0 Å². The Bertz CT molecular complexity index is 1140. The highest BCUT2D eigenvalue weighted by molar-refractivity contribution is 5.78. The van der Waals surface area contributed by atoms with Crippen LogP contribution in [-0.2, 0) is 25.5 Å². The van der Waals surface area contributed by atoms with Crippen LogP contribution in [0.1, 0.15) is 91.0 Å². The summed E-state index contributed by atoms with van der Waals surface area (Å²) in [5, 5.41) is 3.06. The summed E-state index contributed by atoms with van der Waals surface area (Å²) in [6.45, 7) is 8.79. The second kappa shape index (κ2) is 13.3. The van der Waals surface area contributed by atoms with Gasteiger partial charge in [-0.15, -0.1) is 0 Å². The number of hydrogen-bond acceptors (Lipinski definition) is 8. The highest BCUT2D eigenvalue weighted by Crippen LogP contribution is 2.46. The number of carbonyl (C=O) groups is 1. The number of aryl methyl sites for hydroxylation is 1. The average Bonchev–Trinajstić information content (AvgIpc) is 2.88. The molecule has 2 aliphatic heterocycles. The number of rotatable bonds is 10. The number of hydrogen-bond donors (Lipinski definition) is 1. The van der Waals surface area contributed by atoms with Gasteiger partial charge in [0.2, 0.25) is 5.88 Å². The summed E-state index contributed by atoms with van der Waals surface area (Å²) in [5.41, 5.74) is 0.543. The van der Waals surface area contributed by atoms with Crippen molar-refractivity contribution in [2.75, 3.05) is 13.2 Å². The zero-order chi connectivity index (χ0) is 28.5. The molecule has 2 aromatic rings. The molecule has 9 nitrogen and oxygen atoms in total. The number of nitrogens with zero attached hydrogens (tertiary/aromatic N) is 2. The second-order valence-corrected chi connectivity index (χ2v) is 11.5. The van der Waals surface area contributed by atoms with Gasteiger partial charge in [-0.2, -0.15) is 9.59 Å². The molecule has 3 aliphatic rings. The molecule has 2 bridgehead atoms. The van der Waals surface area contributed by atoms with E-state index in [2.05, 4.69) is 22.2 Å². The number of halogens is 1. The molecule has 39 heavy (non-hydrogen) atoms. The van der Waals surface area contributed by atoms with Crippen LogP contribution in [0.5, 0.6) is 5.88 Å². The van der Waals surface area contributed by atoms with Crippen LogP contribution < -0.4 is 10.1 Å². The van der Waals surface area contributed by atoms with E-state index < -0.39 is 11.7 Å². The molecule has 1 N–H and O–H groups in total. The predicted molar refractivity (Wildman–Crippen MR) is 142 cm³/mol. The minimum absolute atomic E-state index is 0.250. The van der Waals surface area contributed by atoms with E-state index >= 15 is 0 Å². The van der Waals surface area contributed by atoms with E-state index in [0.29, 0.717) is 48.5 Å². The van der Waals surface area contributed by atoms with Gasteiger partial charge in [0.15, 0.2) is 0 Å². The van der Waals surface area contributed by atoms with Crippen LogP contribution in [0.25, 0.3) is 11.0 Å². The van der Waals surface area contributed by atoms with E-state index in [1.165, 1.54) is 19.0 Å². The SMILES string of the molecule is CCCCCCOc1ccc2ncc(F)c(CCC34CCC(NC(=O)OC(C)(C)C)(CC3)CO4)c2n1.O=C=O. The van der Waals surface area contributed by atoms with Gasteiger partial charge in [-0.05, 0) is 71.8 Å². The first kappa shape index (κ1) is 30.4. The van der Waals surface area contributed by atoms with Crippen molar-refractivity contribution in [3.63, 3.8) is 0 Å².